The first-order valence-corrected chi connectivity index (χ1v) is 8.61. The molecule has 2 rings (SSSR count). The minimum absolute atomic E-state index is 0.164. The number of aliphatic hydroxyl groups is 1. The van der Waals surface area contributed by atoms with Crippen LogP contribution in [0.3, 0.4) is 0 Å². The molecule has 0 aliphatic carbocycles. The quantitative estimate of drug-likeness (QED) is 0.878. The Morgan fingerprint density at radius 1 is 1.42 bits per heavy atom. The third kappa shape index (κ3) is 3.17. The molecular formula is C12H12BrNO3S2. The van der Waals surface area contributed by atoms with Crippen LogP contribution in [0.1, 0.15) is 11.1 Å². The van der Waals surface area contributed by atoms with Crippen molar-refractivity contribution in [2.24, 2.45) is 0 Å². The SMILES string of the molecule is Cc1c(Br)cc(CO)cc1S(=O)(=O)Nc1ccsc1. The predicted octanol–water partition coefficient (Wildman–Crippen LogP) is 3.11. The van der Waals surface area contributed by atoms with Crippen molar-refractivity contribution in [3.63, 3.8) is 0 Å². The zero-order chi connectivity index (χ0) is 14.0. The number of sulfonamides is 1. The fourth-order valence-electron chi connectivity index (χ4n) is 1.61. The molecule has 19 heavy (non-hydrogen) atoms. The molecule has 2 aromatic rings. The molecule has 0 bridgehead atoms. The molecule has 0 unspecified atom stereocenters. The summed E-state index contributed by atoms with van der Waals surface area (Å²) in [5.74, 6) is 0. The van der Waals surface area contributed by atoms with Crippen LogP contribution in [0, 0.1) is 6.92 Å². The molecule has 0 atom stereocenters. The standard InChI is InChI=1S/C12H12BrNO3S2/c1-8-11(13)4-9(6-15)5-12(8)19(16,17)14-10-2-3-18-7-10/h2-5,7,14-15H,6H2,1H3. The molecule has 4 nitrogen and oxygen atoms in total. The van der Waals surface area contributed by atoms with Gasteiger partial charge >= 0.3 is 0 Å². The third-order valence-electron chi connectivity index (χ3n) is 2.60. The molecular weight excluding hydrogens is 350 g/mol. The number of hydrogen-bond donors (Lipinski definition) is 2. The summed E-state index contributed by atoms with van der Waals surface area (Å²) in [6, 6.07) is 4.89. The molecule has 0 aliphatic heterocycles. The topological polar surface area (TPSA) is 66.4 Å². The molecule has 0 saturated carbocycles. The van der Waals surface area contributed by atoms with Gasteiger partial charge in [0.25, 0.3) is 10.0 Å². The first-order chi connectivity index (χ1) is 8.94. The van der Waals surface area contributed by atoms with Gasteiger partial charge in [-0.3, -0.25) is 4.72 Å². The minimum Gasteiger partial charge on any atom is -0.392 e. The first-order valence-electron chi connectivity index (χ1n) is 5.39. The van der Waals surface area contributed by atoms with E-state index in [1.807, 2.05) is 0 Å². The number of rotatable bonds is 4. The monoisotopic (exact) mass is 361 g/mol. The van der Waals surface area contributed by atoms with Crippen LogP contribution >= 0.6 is 27.3 Å². The fourth-order valence-corrected chi connectivity index (χ4v) is 4.28. The van der Waals surface area contributed by atoms with Gasteiger partial charge in [0, 0.05) is 9.85 Å². The van der Waals surface area contributed by atoms with E-state index in [0.29, 0.717) is 21.3 Å². The highest BCUT2D eigenvalue weighted by Crippen LogP contribution is 2.27. The zero-order valence-electron chi connectivity index (χ0n) is 10.1. The van der Waals surface area contributed by atoms with Gasteiger partial charge in [0.1, 0.15) is 0 Å². The Morgan fingerprint density at radius 2 is 2.16 bits per heavy atom. The van der Waals surface area contributed by atoms with Crippen molar-refractivity contribution in [3.8, 4) is 0 Å². The van der Waals surface area contributed by atoms with Crippen LogP contribution in [-0.2, 0) is 16.6 Å². The van der Waals surface area contributed by atoms with E-state index in [-0.39, 0.29) is 11.5 Å². The molecule has 1 aromatic heterocycles. The second kappa shape index (κ2) is 5.62. The second-order valence-corrected chi connectivity index (χ2v) is 7.26. The fraction of sp³-hybridized carbons (Fsp3) is 0.167. The van der Waals surface area contributed by atoms with E-state index < -0.39 is 10.0 Å². The molecule has 102 valence electrons. The van der Waals surface area contributed by atoms with Crippen LogP contribution in [0.5, 0.6) is 0 Å². The third-order valence-corrected chi connectivity index (χ3v) is 5.62. The lowest BCUT2D eigenvalue weighted by Crippen LogP contribution is -2.14. The number of anilines is 1. The maximum Gasteiger partial charge on any atom is 0.262 e. The number of halogens is 1. The molecule has 0 amide bonds. The maximum atomic E-state index is 12.3. The molecule has 0 spiro atoms. The summed E-state index contributed by atoms with van der Waals surface area (Å²) in [7, 11) is -3.65. The van der Waals surface area contributed by atoms with Gasteiger partial charge in [0.2, 0.25) is 0 Å². The molecule has 0 fully saturated rings. The summed E-state index contributed by atoms with van der Waals surface area (Å²) in [5, 5.41) is 12.7. The van der Waals surface area contributed by atoms with Crippen molar-refractivity contribution in [3.05, 3.63) is 44.6 Å². The average Bonchev–Trinajstić information content (AvgIpc) is 2.84. The Hall–Kier alpha value is -0.890. The van der Waals surface area contributed by atoms with Gasteiger partial charge < -0.3 is 5.11 Å². The molecule has 1 heterocycles. The van der Waals surface area contributed by atoms with Gasteiger partial charge in [-0.25, -0.2) is 8.42 Å². The molecule has 0 aliphatic rings. The number of benzene rings is 1. The predicted molar refractivity (Wildman–Crippen MR) is 79.9 cm³/mol. The largest absolute Gasteiger partial charge is 0.392 e. The first kappa shape index (κ1) is 14.5. The van der Waals surface area contributed by atoms with Crippen LogP contribution in [-0.4, -0.2) is 13.5 Å². The highest BCUT2D eigenvalue weighted by atomic mass is 79.9. The van der Waals surface area contributed by atoms with Gasteiger partial charge in [-0.15, -0.1) is 0 Å². The lowest BCUT2D eigenvalue weighted by molar-refractivity contribution is 0.281. The Kier molecular flexibility index (Phi) is 4.29. The normalized spacial score (nSPS) is 11.5. The minimum atomic E-state index is -3.65. The van der Waals surface area contributed by atoms with Gasteiger partial charge in [0.15, 0.2) is 0 Å². The van der Waals surface area contributed by atoms with Crippen molar-refractivity contribution in [2.45, 2.75) is 18.4 Å². The van der Waals surface area contributed by atoms with E-state index in [1.54, 1.807) is 29.8 Å². The molecule has 0 radical (unpaired) electrons. The molecule has 7 heteroatoms. The van der Waals surface area contributed by atoms with E-state index in [9.17, 15) is 8.42 Å². The van der Waals surface area contributed by atoms with E-state index >= 15 is 0 Å². The highest BCUT2D eigenvalue weighted by Gasteiger charge is 2.19. The van der Waals surface area contributed by atoms with Gasteiger partial charge in [-0.2, -0.15) is 11.3 Å². The van der Waals surface area contributed by atoms with Gasteiger partial charge in [-0.05, 0) is 41.6 Å². The van der Waals surface area contributed by atoms with Crippen LogP contribution in [0.4, 0.5) is 5.69 Å². The summed E-state index contributed by atoms with van der Waals surface area (Å²) in [5.41, 5.74) is 1.69. The van der Waals surface area contributed by atoms with E-state index in [0.717, 1.165) is 0 Å². The highest BCUT2D eigenvalue weighted by molar-refractivity contribution is 9.10. The lowest BCUT2D eigenvalue weighted by Gasteiger charge is -2.12. The number of thiophene rings is 1. The summed E-state index contributed by atoms with van der Waals surface area (Å²) >= 11 is 4.72. The zero-order valence-corrected chi connectivity index (χ0v) is 13.3. The number of hydrogen-bond acceptors (Lipinski definition) is 4. The molecule has 1 aromatic carbocycles. The summed E-state index contributed by atoms with van der Waals surface area (Å²) in [6.45, 7) is 1.51. The van der Waals surface area contributed by atoms with Crippen molar-refractivity contribution in [1.82, 2.24) is 0 Å². The summed E-state index contributed by atoms with van der Waals surface area (Å²) in [6.07, 6.45) is 0. The van der Waals surface area contributed by atoms with E-state index in [4.69, 9.17) is 5.11 Å². The van der Waals surface area contributed by atoms with E-state index in [2.05, 4.69) is 20.7 Å². The van der Waals surface area contributed by atoms with Crippen molar-refractivity contribution < 1.29 is 13.5 Å². The van der Waals surface area contributed by atoms with Gasteiger partial charge in [-0.1, -0.05) is 15.9 Å². The number of aliphatic hydroxyl groups excluding tert-OH is 1. The molecule has 0 saturated heterocycles. The lowest BCUT2D eigenvalue weighted by atomic mass is 10.2. The van der Waals surface area contributed by atoms with Gasteiger partial charge in [0.05, 0.1) is 17.2 Å². The summed E-state index contributed by atoms with van der Waals surface area (Å²) < 4.78 is 27.8. The Bertz CT molecular complexity index is 681. The van der Waals surface area contributed by atoms with Crippen molar-refractivity contribution in [1.29, 1.82) is 0 Å². The Labute approximate surface area is 124 Å². The smallest absolute Gasteiger partial charge is 0.262 e. The van der Waals surface area contributed by atoms with Crippen molar-refractivity contribution in [2.75, 3.05) is 4.72 Å². The average molecular weight is 362 g/mol. The van der Waals surface area contributed by atoms with E-state index in [1.165, 1.54) is 17.4 Å². The van der Waals surface area contributed by atoms with Crippen molar-refractivity contribution >= 4 is 43.0 Å². The van der Waals surface area contributed by atoms with Crippen LogP contribution < -0.4 is 4.72 Å². The van der Waals surface area contributed by atoms with Crippen LogP contribution in [0.25, 0.3) is 0 Å². The number of nitrogens with one attached hydrogen (secondary N) is 1. The Balaban J connectivity index is 2.48. The molecule has 2 N–H and O–H groups in total. The second-order valence-electron chi connectivity index (χ2n) is 3.98. The maximum absolute atomic E-state index is 12.3. The Morgan fingerprint density at radius 3 is 2.74 bits per heavy atom. The van der Waals surface area contributed by atoms with Crippen LogP contribution in [0.15, 0.2) is 38.3 Å². The van der Waals surface area contributed by atoms with Crippen LogP contribution in [0.2, 0.25) is 0 Å². The summed E-state index contributed by atoms with van der Waals surface area (Å²) in [4.78, 5) is 0.164.